The molecule has 0 spiro atoms. The molecule has 0 bridgehead atoms. The molecule has 3 rings (SSSR count). The molecule has 1 atom stereocenters. The van der Waals surface area contributed by atoms with E-state index in [2.05, 4.69) is 33.9 Å². The summed E-state index contributed by atoms with van der Waals surface area (Å²) in [7, 11) is 1.89. The summed E-state index contributed by atoms with van der Waals surface area (Å²) in [6, 6.07) is 13.3. The smallest absolute Gasteiger partial charge is 0.163 e. The standard InChI is InChI=1S/C16H13N5S/c1-21-15(11-6-8-18-9-7-11)19-20-16(21)14(22)13-5-3-2-4-12(13)10-17/h2-9,14,22H,1H3. The van der Waals surface area contributed by atoms with Gasteiger partial charge in [0.05, 0.1) is 16.9 Å². The highest BCUT2D eigenvalue weighted by Crippen LogP contribution is 2.30. The second-order valence-corrected chi connectivity index (χ2v) is 5.29. The summed E-state index contributed by atoms with van der Waals surface area (Å²) in [6.45, 7) is 0. The van der Waals surface area contributed by atoms with Crippen LogP contribution in [-0.4, -0.2) is 19.7 Å². The molecule has 5 nitrogen and oxygen atoms in total. The lowest BCUT2D eigenvalue weighted by molar-refractivity contribution is 0.819. The molecular formula is C16H13N5S. The van der Waals surface area contributed by atoms with Gasteiger partial charge in [-0.05, 0) is 23.8 Å². The highest BCUT2D eigenvalue weighted by Gasteiger charge is 2.20. The van der Waals surface area contributed by atoms with Gasteiger partial charge in [-0.25, -0.2) is 0 Å². The van der Waals surface area contributed by atoms with Gasteiger partial charge in [-0.3, -0.25) is 4.98 Å². The minimum atomic E-state index is -0.316. The number of rotatable bonds is 3. The molecule has 0 N–H and O–H groups in total. The van der Waals surface area contributed by atoms with Crippen molar-refractivity contribution in [1.29, 1.82) is 5.26 Å². The van der Waals surface area contributed by atoms with Crippen molar-refractivity contribution in [2.75, 3.05) is 0 Å². The first-order chi connectivity index (χ1) is 10.7. The summed E-state index contributed by atoms with van der Waals surface area (Å²) in [6.07, 6.45) is 3.43. The van der Waals surface area contributed by atoms with E-state index in [-0.39, 0.29) is 5.25 Å². The number of nitriles is 1. The lowest BCUT2D eigenvalue weighted by atomic mass is 10.0. The normalized spacial score (nSPS) is 11.9. The van der Waals surface area contributed by atoms with Gasteiger partial charge in [-0.15, -0.1) is 10.2 Å². The zero-order valence-electron chi connectivity index (χ0n) is 11.9. The lowest BCUT2D eigenvalue weighted by Gasteiger charge is -2.12. The van der Waals surface area contributed by atoms with Crippen molar-refractivity contribution in [3.8, 4) is 17.5 Å². The highest BCUT2D eigenvalue weighted by atomic mass is 32.1. The molecule has 0 saturated heterocycles. The molecule has 1 unspecified atom stereocenters. The Morgan fingerprint density at radius 1 is 1.14 bits per heavy atom. The maximum atomic E-state index is 9.23. The van der Waals surface area contributed by atoms with E-state index in [0.717, 1.165) is 17.0 Å². The third kappa shape index (κ3) is 2.47. The number of thiol groups is 1. The van der Waals surface area contributed by atoms with Crippen LogP contribution in [-0.2, 0) is 7.05 Å². The molecule has 0 saturated carbocycles. The molecule has 0 aliphatic carbocycles. The number of pyridine rings is 1. The molecule has 2 heterocycles. The van der Waals surface area contributed by atoms with E-state index in [9.17, 15) is 5.26 Å². The van der Waals surface area contributed by atoms with Gasteiger partial charge in [0.15, 0.2) is 5.82 Å². The summed E-state index contributed by atoms with van der Waals surface area (Å²) in [5.41, 5.74) is 2.35. The first-order valence-electron chi connectivity index (χ1n) is 6.69. The van der Waals surface area contributed by atoms with Crippen molar-refractivity contribution in [3.05, 3.63) is 65.7 Å². The quantitative estimate of drug-likeness (QED) is 0.756. The van der Waals surface area contributed by atoms with Gasteiger partial charge < -0.3 is 4.57 Å². The van der Waals surface area contributed by atoms with Crippen LogP contribution < -0.4 is 0 Å². The van der Waals surface area contributed by atoms with Crippen LogP contribution in [0.5, 0.6) is 0 Å². The van der Waals surface area contributed by atoms with Gasteiger partial charge in [0.2, 0.25) is 0 Å². The first kappa shape index (κ1) is 14.3. The molecule has 3 aromatic rings. The van der Waals surface area contributed by atoms with Crippen LogP contribution in [0.1, 0.15) is 22.2 Å². The SMILES string of the molecule is Cn1c(-c2ccncc2)nnc1C(S)c1ccccc1C#N. The molecule has 0 amide bonds. The van der Waals surface area contributed by atoms with Crippen molar-refractivity contribution in [1.82, 2.24) is 19.7 Å². The van der Waals surface area contributed by atoms with Gasteiger partial charge >= 0.3 is 0 Å². The third-order valence-electron chi connectivity index (χ3n) is 3.47. The van der Waals surface area contributed by atoms with Gasteiger partial charge in [-0.2, -0.15) is 17.9 Å². The number of benzene rings is 1. The molecular weight excluding hydrogens is 294 g/mol. The van der Waals surface area contributed by atoms with E-state index >= 15 is 0 Å². The molecule has 0 aliphatic heterocycles. The Bertz CT molecular complexity index is 835. The summed E-state index contributed by atoms with van der Waals surface area (Å²) < 4.78 is 1.89. The van der Waals surface area contributed by atoms with Crippen LogP contribution in [0.4, 0.5) is 0 Å². The van der Waals surface area contributed by atoms with Crippen molar-refractivity contribution in [2.45, 2.75) is 5.25 Å². The van der Waals surface area contributed by atoms with Gasteiger partial charge in [-0.1, -0.05) is 18.2 Å². The fraction of sp³-hybridized carbons (Fsp3) is 0.125. The fourth-order valence-corrected chi connectivity index (χ4v) is 2.76. The minimum Gasteiger partial charge on any atom is -0.313 e. The van der Waals surface area contributed by atoms with E-state index < -0.39 is 0 Å². The fourth-order valence-electron chi connectivity index (χ4n) is 2.31. The van der Waals surface area contributed by atoms with E-state index in [1.807, 2.05) is 41.9 Å². The van der Waals surface area contributed by atoms with Crippen molar-refractivity contribution in [3.63, 3.8) is 0 Å². The van der Waals surface area contributed by atoms with E-state index in [0.29, 0.717) is 11.4 Å². The molecule has 6 heteroatoms. The van der Waals surface area contributed by atoms with E-state index in [1.165, 1.54) is 0 Å². The Balaban J connectivity index is 2.03. The first-order valence-corrected chi connectivity index (χ1v) is 7.20. The number of hydrogen-bond donors (Lipinski definition) is 1. The maximum absolute atomic E-state index is 9.23. The Kier molecular flexibility index (Phi) is 3.90. The van der Waals surface area contributed by atoms with Crippen LogP contribution in [0, 0.1) is 11.3 Å². The summed E-state index contributed by atoms with van der Waals surface area (Å²) in [5, 5.41) is 17.4. The highest BCUT2D eigenvalue weighted by molar-refractivity contribution is 7.80. The van der Waals surface area contributed by atoms with Crippen LogP contribution in [0.25, 0.3) is 11.4 Å². The van der Waals surface area contributed by atoms with Crippen molar-refractivity contribution in [2.24, 2.45) is 7.05 Å². The van der Waals surface area contributed by atoms with Crippen LogP contribution in [0.3, 0.4) is 0 Å². The Morgan fingerprint density at radius 3 is 2.59 bits per heavy atom. The summed E-state index contributed by atoms with van der Waals surface area (Å²) >= 11 is 4.64. The number of nitrogens with zero attached hydrogens (tertiary/aromatic N) is 5. The second kappa shape index (κ2) is 6.00. The monoisotopic (exact) mass is 307 g/mol. The Hall–Kier alpha value is -2.65. The molecule has 22 heavy (non-hydrogen) atoms. The maximum Gasteiger partial charge on any atom is 0.163 e. The number of aromatic nitrogens is 4. The molecule has 0 fully saturated rings. The van der Waals surface area contributed by atoms with Crippen LogP contribution in [0.2, 0.25) is 0 Å². The average Bonchev–Trinajstić information content (AvgIpc) is 2.96. The molecule has 108 valence electrons. The largest absolute Gasteiger partial charge is 0.313 e. The van der Waals surface area contributed by atoms with Crippen LogP contribution >= 0.6 is 12.6 Å². The molecule has 1 aromatic carbocycles. The molecule has 0 aliphatic rings. The van der Waals surface area contributed by atoms with E-state index in [4.69, 9.17) is 0 Å². The summed E-state index contributed by atoms with van der Waals surface area (Å²) in [5.74, 6) is 1.43. The topological polar surface area (TPSA) is 67.4 Å². The predicted molar refractivity (Wildman–Crippen MR) is 86.2 cm³/mol. The number of hydrogen-bond acceptors (Lipinski definition) is 5. The van der Waals surface area contributed by atoms with E-state index in [1.54, 1.807) is 18.5 Å². The van der Waals surface area contributed by atoms with Gasteiger partial charge in [0.1, 0.15) is 5.82 Å². The minimum absolute atomic E-state index is 0.316. The zero-order chi connectivity index (χ0) is 15.5. The van der Waals surface area contributed by atoms with Gasteiger partial charge in [0.25, 0.3) is 0 Å². The molecule has 0 radical (unpaired) electrons. The third-order valence-corrected chi connectivity index (χ3v) is 3.98. The Labute approximate surface area is 133 Å². The van der Waals surface area contributed by atoms with Gasteiger partial charge in [0, 0.05) is 25.0 Å². The molecule has 2 aromatic heterocycles. The Morgan fingerprint density at radius 2 is 1.86 bits per heavy atom. The lowest BCUT2D eigenvalue weighted by Crippen LogP contribution is -2.05. The second-order valence-electron chi connectivity index (χ2n) is 4.78. The van der Waals surface area contributed by atoms with Crippen molar-refractivity contribution < 1.29 is 0 Å². The predicted octanol–water partition coefficient (Wildman–Crippen LogP) is 2.77. The van der Waals surface area contributed by atoms with Crippen molar-refractivity contribution >= 4 is 12.6 Å². The summed E-state index contributed by atoms with van der Waals surface area (Å²) in [4.78, 5) is 4.00. The van der Waals surface area contributed by atoms with Crippen LogP contribution in [0.15, 0.2) is 48.8 Å². The average molecular weight is 307 g/mol. The zero-order valence-corrected chi connectivity index (χ0v) is 12.8.